The number of benzene rings is 1. The molecule has 1 aromatic heterocycles. The number of amides is 1. The number of esters is 1. The van der Waals surface area contributed by atoms with Gasteiger partial charge in [-0.2, -0.15) is 4.98 Å². The maximum absolute atomic E-state index is 12.3. The Morgan fingerprint density at radius 2 is 1.96 bits per heavy atom. The predicted molar refractivity (Wildman–Crippen MR) is 95.3 cm³/mol. The van der Waals surface area contributed by atoms with Crippen LogP contribution in [0.2, 0.25) is 0 Å². The molecule has 0 aliphatic rings. The van der Waals surface area contributed by atoms with Gasteiger partial charge in [0.2, 0.25) is 11.8 Å². The summed E-state index contributed by atoms with van der Waals surface area (Å²) in [4.78, 5) is 28.2. The smallest absolute Gasteiger partial charge is 0.307 e. The van der Waals surface area contributed by atoms with E-state index < -0.39 is 6.04 Å². The second-order valence-electron chi connectivity index (χ2n) is 6.17. The fraction of sp³-hybridized carbons (Fsp3) is 0.474. The maximum Gasteiger partial charge on any atom is 0.307 e. The SMILES string of the molecule is CCCc1noc(CCC(=O)NC(CC(=O)OC)c2ccc(C)cc2)n1. The van der Waals surface area contributed by atoms with E-state index in [0.29, 0.717) is 18.1 Å². The van der Waals surface area contributed by atoms with Crippen LogP contribution >= 0.6 is 0 Å². The highest BCUT2D eigenvalue weighted by Gasteiger charge is 2.19. The van der Waals surface area contributed by atoms with Gasteiger partial charge >= 0.3 is 5.97 Å². The van der Waals surface area contributed by atoms with Gasteiger partial charge < -0.3 is 14.6 Å². The molecule has 1 amide bonds. The van der Waals surface area contributed by atoms with Crippen LogP contribution in [0.1, 0.15) is 55.1 Å². The van der Waals surface area contributed by atoms with Crippen LogP contribution in [0.25, 0.3) is 0 Å². The number of methoxy groups -OCH3 is 1. The van der Waals surface area contributed by atoms with Gasteiger partial charge in [0.05, 0.1) is 19.6 Å². The maximum atomic E-state index is 12.3. The third kappa shape index (κ3) is 5.98. The van der Waals surface area contributed by atoms with Crippen molar-refractivity contribution in [2.75, 3.05) is 7.11 Å². The van der Waals surface area contributed by atoms with Crippen LogP contribution in [0.4, 0.5) is 0 Å². The molecule has 1 atom stereocenters. The molecule has 7 nitrogen and oxygen atoms in total. The van der Waals surface area contributed by atoms with E-state index >= 15 is 0 Å². The van der Waals surface area contributed by atoms with E-state index in [1.54, 1.807) is 0 Å². The average Bonchev–Trinajstić information content (AvgIpc) is 3.08. The van der Waals surface area contributed by atoms with Crippen molar-refractivity contribution in [1.29, 1.82) is 0 Å². The molecule has 0 fully saturated rings. The summed E-state index contributed by atoms with van der Waals surface area (Å²) in [6.45, 7) is 4.02. The standard InChI is InChI=1S/C19H25N3O4/c1-4-5-16-21-18(26-22-16)11-10-17(23)20-15(12-19(24)25-3)14-8-6-13(2)7-9-14/h6-9,15H,4-5,10-12H2,1-3H3,(H,20,23). The van der Waals surface area contributed by atoms with Crippen LogP contribution < -0.4 is 5.32 Å². The number of aryl methyl sites for hydroxylation is 3. The van der Waals surface area contributed by atoms with Crippen molar-refractivity contribution in [1.82, 2.24) is 15.5 Å². The Balaban J connectivity index is 1.96. The van der Waals surface area contributed by atoms with Gasteiger partial charge in [0.25, 0.3) is 0 Å². The van der Waals surface area contributed by atoms with Crippen LogP contribution in [0, 0.1) is 6.92 Å². The van der Waals surface area contributed by atoms with Crippen LogP contribution in [-0.4, -0.2) is 29.1 Å². The number of nitrogens with zero attached hydrogens (tertiary/aromatic N) is 2. The van der Waals surface area contributed by atoms with Crippen molar-refractivity contribution in [3.8, 4) is 0 Å². The van der Waals surface area contributed by atoms with Gasteiger partial charge in [0, 0.05) is 19.3 Å². The Morgan fingerprint density at radius 1 is 1.23 bits per heavy atom. The summed E-state index contributed by atoms with van der Waals surface area (Å²) in [7, 11) is 1.33. The third-order valence-electron chi connectivity index (χ3n) is 3.96. The highest BCUT2D eigenvalue weighted by molar-refractivity contribution is 5.78. The first-order valence-corrected chi connectivity index (χ1v) is 8.76. The lowest BCUT2D eigenvalue weighted by atomic mass is 10.0. The van der Waals surface area contributed by atoms with Crippen molar-refractivity contribution in [3.05, 3.63) is 47.1 Å². The first kappa shape index (κ1) is 19.6. The molecule has 26 heavy (non-hydrogen) atoms. The quantitative estimate of drug-likeness (QED) is 0.692. The number of hydrogen-bond donors (Lipinski definition) is 1. The highest BCUT2D eigenvalue weighted by Crippen LogP contribution is 2.18. The van der Waals surface area contributed by atoms with Gasteiger partial charge in [-0.1, -0.05) is 41.9 Å². The molecule has 0 aliphatic heterocycles. The zero-order valence-corrected chi connectivity index (χ0v) is 15.4. The summed E-state index contributed by atoms with van der Waals surface area (Å²) in [5.74, 6) is 0.543. The number of aromatic nitrogens is 2. The van der Waals surface area contributed by atoms with Crippen molar-refractivity contribution in [2.24, 2.45) is 0 Å². The molecule has 1 aromatic carbocycles. The van der Waals surface area contributed by atoms with Crippen molar-refractivity contribution in [2.45, 2.75) is 52.0 Å². The summed E-state index contributed by atoms with van der Waals surface area (Å²) in [6.07, 6.45) is 2.33. The lowest BCUT2D eigenvalue weighted by molar-refractivity contribution is -0.141. The van der Waals surface area contributed by atoms with Gasteiger partial charge in [-0.3, -0.25) is 9.59 Å². The topological polar surface area (TPSA) is 94.3 Å². The zero-order valence-electron chi connectivity index (χ0n) is 15.4. The Kier molecular flexibility index (Phi) is 7.32. The molecule has 1 unspecified atom stereocenters. The van der Waals surface area contributed by atoms with E-state index in [2.05, 4.69) is 15.5 Å². The molecule has 2 rings (SSSR count). The summed E-state index contributed by atoms with van der Waals surface area (Å²) < 4.78 is 9.88. The Morgan fingerprint density at radius 3 is 2.62 bits per heavy atom. The zero-order chi connectivity index (χ0) is 18.9. The first-order valence-electron chi connectivity index (χ1n) is 8.76. The minimum Gasteiger partial charge on any atom is -0.469 e. The number of carbonyl (C=O) groups excluding carboxylic acids is 2. The predicted octanol–water partition coefficient (Wildman–Crippen LogP) is 2.68. The Labute approximate surface area is 153 Å². The number of hydrogen-bond acceptors (Lipinski definition) is 6. The van der Waals surface area contributed by atoms with Crippen molar-refractivity contribution < 1.29 is 18.8 Å². The fourth-order valence-corrected chi connectivity index (χ4v) is 2.50. The van der Waals surface area contributed by atoms with E-state index in [1.807, 2.05) is 38.1 Å². The number of ether oxygens (including phenoxy) is 1. The molecule has 0 saturated carbocycles. The average molecular weight is 359 g/mol. The number of rotatable bonds is 9. The largest absolute Gasteiger partial charge is 0.469 e. The van der Waals surface area contributed by atoms with E-state index in [4.69, 9.17) is 9.26 Å². The molecule has 0 bridgehead atoms. The third-order valence-corrected chi connectivity index (χ3v) is 3.96. The van der Waals surface area contributed by atoms with Crippen LogP contribution in [0.15, 0.2) is 28.8 Å². The number of nitrogens with one attached hydrogen (secondary N) is 1. The van der Waals surface area contributed by atoms with Gasteiger partial charge in [0.1, 0.15) is 0 Å². The summed E-state index contributed by atoms with van der Waals surface area (Å²) in [5, 5.41) is 6.76. The minimum absolute atomic E-state index is 0.0759. The van der Waals surface area contributed by atoms with Crippen LogP contribution in [0.3, 0.4) is 0 Å². The normalized spacial score (nSPS) is 11.8. The molecular formula is C19H25N3O4. The minimum atomic E-state index is -0.436. The van der Waals surface area contributed by atoms with Crippen LogP contribution in [-0.2, 0) is 27.2 Å². The summed E-state index contributed by atoms with van der Waals surface area (Å²) >= 11 is 0. The second kappa shape index (κ2) is 9.70. The first-order chi connectivity index (χ1) is 12.5. The Bertz CT molecular complexity index is 725. The van der Waals surface area contributed by atoms with Crippen LogP contribution in [0.5, 0.6) is 0 Å². The summed E-state index contributed by atoms with van der Waals surface area (Å²) in [6, 6.07) is 7.25. The molecular weight excluding hydrogens is 334 g/mol. The van der Waals surface area contributed by atoms with E-state index in [0.717, 1.165) is 24.0 Å². The Hall–Kier alpha value is -2.70. The lowest BCUT2D eigenvalue weighted by Gasteiger charge is -2.18. The monoisotopic (exact) mass is 359 g/mol. The lowest BCUT2D eigenvalue weighted by Crippen LogP contribution is -2.30. The van der Waals surface area contributed by atoms with E-state index in [1.165, 1.54) is 7.11 Å². The molecule has 0 aliphatic carbocycles. The molecule has 0 saturated heterocycles. The van der Waals surface area contributed by atoms with Gasteiger partial charge in [0.15, 0.2) is 5.82 Å². The van der Waals surface area contributed by atoms with Gasteiger partial charge in [-0.25, -0.2) is 0 Å². The highest BCUT2D eigenvalue weighted by atomic mass is 16.5. The molecule has 1 heterocycles. The van der Waals surface area contributed by atoms with Gasteiger partial charge in [-0.15, -0.1) is 0 Å². The van der Waals surface area contributed by atoms with Crippen molar-refractivity contribution >= 4 is 11.9 Å². The molecule has 7 heteroatoms. The van der Waals surface area contributed by atoms with Gasteiger partial charge in [-0.05, 0) is 18.9 Å². The molecule has 0 spiro atoms. The molecule has 1 N–H and O–H groups in total. The number of carbonyl (C=O) groups is 2. The molecule has 0 radical (unpaired) electrons. The second-order valence-corrected chi connectivity index (χ2v) is 6.17. The van der Waals surface area contributed by atoms with E-state index in [9.17, 15) is 9.59 Å². The van der Waals surface area contributed by atoms with Crippen molar-refractivity contribution in [3.63, 3.8) is 0 Å². The molecule has 140 valence electrons. The van der Waals surface area contributed by atoms with E-state index in [-0.39, 0.29) is 24.7 Å². The molecule has 2 aromatic rings. The summed E-state index contributed by atoms with van der Waals surface area (Å²) in [5.41, 5.74) is 1.97. The fourth-order valence-electron chi connectivity index (χ4n) is 2.50.